The number of rotatable bonds is 4. The van der Waals surface area contributed by atoms with Gasteiger partial charge in [0.2, 0.25) is 0 Å². The van der Waals surface area contributed by atoms with Crippen molar-refractivity contribution >= 4 is 16.6 Å². The van der Waals surface area contributed by atoms with Crippen LogP contribution in [0.15, 0.2) is 47.4 Å². The van der Waals surface area contributed by atoms with Gasteiger partial charge in [0.15, 0.2) is 5.78 Å². The van der Waals surface area contributed by atoms with Gasteiger partial charge in [-0.05, 0) is 38.1 Å². The first kappa shape index (κ1) is 14.5. The van der Waals surface area contributed by atoms with Gasteiger partial charge in [0.05, 0.1) is 22.1 Å². The Hall–Kier alpha value is -1.94. The molecule has 2 aromatic carbocycles. The lowest BCUT2D eigenvalue weighted by atomic mass is 10.1. The first-order valence-corrected chi connectivity index (χ1v) is 7.57. The SMILES string of the molecule is Cc1ccc(S(=O)CC(=O)c2cc(C)ccc2O)cc1. The van der Waals surface area contributed by atoms with Gasteiger partial charge >= 0.3 is 0 Å². The summed E-state index contributed by atoms with van der Waals surface area (Å²) in [7, 11) is -1.40. The lowest BCUT2D eigenvalue weighted by Crippen LogP contribution is -2.11. The van der Waals surface area contributed by atoms with Crippen LogP contribution in [-0.2, 0) is 10.8 Å². The first-order valence-electron chi connectivity index (χ1n) is 6.25. The third kappa shape index (κ3) is 3.33. The number of benzene rings is 2. The average molecular weight is 288 g/mol. The van der Waals surface area contributed by atoms with Crippen LogP contribution in [-0.4, -0.2) is 20.9 Å². The topological polar surface area (TPSA) is 54.4 Å². The number of phenols is 1. The number of hydrogen-bond donors (Lipinski definition) is 1. The van der Waals surface area contributed by atoms with Gasteiger partial charge in [0.25, 0.3) is 0 Å². The highest BCUT2D eigenvalue weighted by atomic mass is 32.2. The largest absolute Gasteiger partial charge is 0.507 e. The highest BCUT2D eigenvalue weighted by Crippen LogP contribution is 2.20. The van der Waals surface area contributed by atoms with Crippen molar-refractivity contribution in [3.05, 3.63) is 59.2 Å². The molecule has 20 heavy (non-hydrogen) atoms. The number of Topliss-reactive ketones (excluding diaryl/α,β-unsaturated/α-hetero) is 1. The Morgan fingerprint density at radius 2 is 1.65 bits per heavy atom. The quantitative estimate of drug-likeness (QED) is 0.880. The van der Waals surface area contributed by atoms with Crippen molar-refractivity contribution in [2.45, 2.75) is 18.7 Å². The van der Waals surface area contributed by atoms with E-state index in [9.17, 15) is 14.1 Å². The standard InChI is InChI=1S/C16H16O3S/c1-11-3-6-13(7-4-11)20(19)10-16(18)14-9-12(2)5-8-15(14)17/h3-9,17H,10H2,1-2H3. The van der Waals surface area contributed by atoms with Crippen LogP contribution in [0.25, 0.3) is 0 Å². The zero-order valence-electron chi connectivity index (χ0n) is 11.4. The maximum atomic E-state index is 12.1. The van der Waals surface area contributed by atoms with Gasteiger partial charge in [-0.3, -0.25) is 9.00 Å². The number of hydrogen-bond acceptors (Lipinski definition) is 3. The van der Waals surface area contributed by atoms with Crippen LogP contribution in [0.2, 0.25) is 0 Å². The second kappa shape index (κ2) is 6.01. The van der Waals surface area contributed by atoms with Crippen molar-refractivity contribution in [2.75, 3.05) is 5.75 Å². The predicted molar refractivity (Wildman–Crippen MR) is 79.6 cm³/mol. The second-order valence-electron chi connectivity index (χ2n) is 4.75. The molecule has 3 nitrogen and oxygen atoms in total. The van der Waals surface area contributed by atoms with Crippen molar-refractivity contribution in [1.82, 2.24) is 0 Å². The normalized spacial score (nSPS) is 12.1. The number of aromatic hydroxyl groups is 1. The molecule has 0 saturated carbocycles. The smallest absolute Gasteiger partial charge is 0.179 e. The highest BCUT2D eigenvalue weighted by molar-refractivity contribution is 7.85. The molecule has 0 bridgehead atoms. The zero-order valence-corrected chi connectivity index (χ0v) is 12.2. The first-order chi connectivity index (χ1) is 9.47. The molecular formula is C16H16O3S. The van der Waals surface area contributed by atoms with Crippen LogP contribution in [0.4, 0.5) is 0 Å². The molecule has 0 aliphatic heterocycles. The van der Waals surface area contributed by atoms with Gasteiger partial charge in [-0.1, -0.05) is 29.3 Å². The van der Waals surface area contributed by atoms with E-state index < -0.39 is 10.8 Å². The molecule has 104 valence electrons. The van der Waals surface area contributed by atoms with Crippen LogP contribution in [0.5, 0.6) is 5.75 Å². The van der Waals surface area contributed by atoms with Crippen LogP contribution >= 0.6 is 0 Å². The van der Waals surface area contributed by atoms with Crippen LogP contribution in [0, 0.1) is 13.8 Å². The molecule has 0 saturated heterocycles. The molecule has 1 atom stereocenters. The molecule has 0 aliphatic rings. The Kier molecular flexibility index (Phi) is 4.35. The average Bonchev–Trinajstić information content (AvgIpc) is 2.42. The summed E-state index contributed by atoms with van der Waals surface area (Å²) in [5.41, 5.74) is 2.19. The van der Waals surface area contributed by atoms with Crippen molar-refractivity contribution in [3.8, 4) is 5.75 Å². The van der Waals surface area contributed by atoms with Gasteiger partial charge < -0.3 is 5.11 Å². The minimum atomic E-state index is -1.40. The molecule has 0 radical (unpaired) electrons. The number of aryl methyl sites for hydroxylation is 2. The van der Waals surface area contributed by atoms with Gasteiger partial charge in [-0.15, -0.1) is 0 Å². The Morgan fingerprint density at radius 1 is 1.05 bits per heavy atom. The van der Waals surface area contributed by atoms with E-state index in [0.29, 0.717) is 4.90 Å². The van der Waals surface area contributed by atoms with E-state index in [0.717, 1.165) is 11.1 Å². The minimum absolute atomic E-state index is 0.0680. The van der Waals surface area contributed by atoms with Crippen molar-refractivity contribution in [2.24, 2.45) is 0 Å². The molecule has 2 rings (SSSR count). The zero-order chi connectivity index (χ0) is 14.7. The molecule has 4 heteroatoms. The Bertz CT molecular complexity index is 660. The summed E-state index contributed by atoms with van der Waals surface area (Å²) in [5, 5.41) is 9.71. The number of carbonyl (C=O) groups is 1. The molecule has 0 fully saturated rings. The van der Waals surface area contributed by atoms with E-state index in [1.54, 1.807) is 24.3 Å². The molecule has 0 aliphatic carbocycles. The van der Waals surface area contributed by atoms with E-state index >= 15 is 0 Å². The molecule has 0 aromatic heterocycles. The van der Waals surface area contributed by atoms with E-state index in [-0.39, 0.29) is 22.8 Å². The van der Waals surface area contributed by atoms with E-state index in [4.69, 9.17) is 0 Å². The number of ketones is 1. The summed E-state index contributed by atoms with van der Waals surface area (Å²) in [6.45, 7) is 3.79. The molecule has 1 N–H and O–H groups in total. The Labute approximate surface area is 120 Å². The summed E-state index contributed by atoms with van der Waals surface area (Å²) >= 11 is 0. The Morgan fingerprint density at radius 3 is 2.30 bits per heavy atom. The maximum absolute atomic E-state index is 12.1. The summed E-state index contributed by atoms with van der Waals surface area (Å²) in [4.78, 5) is 12.7. The van der Waals surface area contributed by atoms with E-state index in [2.05, 4.69) is 0 Å². The second-order valence-corrected chi connectivity index (χ2v) is 6.20. The highest BCUT2D eigenvalue weighted by Gasteiger charge is 2.15. The number of phenolic OH excluding ortho intramolecular Hbond substituents is 1. The Balaban J connectivity index is 2.17. The third-order valence-corrected chi connectivity index (χ3v) is 4.32. The van der Waals surface area contributed by atoms with Gasteiger partial charge in [-0.2, -0.15) is 0 Å². The van der Waals surface area contributed by atoms with E-state index in [1.807, 2.05) is 26.0 Å². The van der Waals surface area contributed by atoms with Crippen molar-refractivity contribution < 1.29 is 14.1 Å². The summed E-state index contributed by atoms with van der Waals surface area (Å²) in [6, 6.07) is 12.1. The van der Waals surface area contributed by atoms with Gasteiger partial charge in [-0.25, -0.2) is 0 Å². The fourth-order valence-electron chi connectivity index (χ4n) is 1.84. The monoisotopic (exact) mass is 288 g/mol. The lowest BCUT2D eigenvalue weighted by Gasteiger charge is -2.06. The van der Waals surface area contributed by atoms with Crippen LogP contribution in [0.3, 0.4) is 0 Å². The van der Waals surface area contributed by atoms with Gasteiger partial charge in [0, 0.05) is 4.90 Å². The predicted octanol–water partition coefficient (Wildman–Crippen LogP) is 3.00. The fraction of sp³-hybridized carbons (Fsp3) is 0.188. The molecule has 2 aromatic rings. The van der Waals surface area contributed by atoms with E-state index in [1.165, 1.54) is 6.07 Å². The summed E-state index contributed by atoms with van der Waals surface area (Å²) in [6.07, 6.45) is 0. The molecule has 0 heterocycles. The fourth-order valence-corrected chi connectivity index (χ4v) is 2.84. The maximum Gasteiger partial charge on any atom is 0.179 e. The van der Waals surface area contributed by atoms with Crippen LogP contribution in [0.1, 0.15) is 21.5 Å². The molecule has 0 spiro atoms. The molecule has 0 amide bonds. The molecular weight excluding hydrogens is 272 g/mol. The number of carbonyl (C=O) groups excluding carboxylic acids is 1. The minimum Gasteiger partial charge on any atom is -0.507 e. The van der Waals surface area contributed by atoms with Crippen molar-refractivity contribution in [1.29, 1.82) is 0 Å². The van der Waals surface area contributed by atoms with Crippen molar-refractivity contribution in [3.63, 3.8) is 0 Å². The summed E-state index contributed by atoms with van der Waals surface area (Å²) in [5.74, 6) is -0.508. The lowest BCUT2D eigenvalue weighted by molar-refractivity contribution is 0.101. The van der Waals surface area contributed by atoms with Crippen LogP contribution < -0.4 is 0 Å². The molecule has 1 unspecified atom stereocenters. The van der Waals surface area contributed by atoms with Gasteiger partial charge in [0.1, 0.15) is 5.75 Å². The third-order valence-electron chi connectivity index (χ3n) is 3.00. The summed E-state index contributed by atoms with van der Waals surface area (Å²) < 4.78 is 12.1.